The van der Waals surface area contributed by atoms with Gasteiger partial charge in [0.2, 0.25) is 15.5 Å². The third-order valence-corrected chi connectivity index (χ3v) is 13.5. The molecular formula is C47H47N2O2S+. The first-order valence-electron chi connectivity index (χ1n) is 18.6. The number of anilines is 1. The Morgan fingerprint density at radius 1 is 0.692 bits per heavy atom. The topological polar surface area (TPSA) is 40.4 Å². The average Bonchev–Trinajstić information content (AvgIpc) is 3.74. The van der Waals surface area contributed by atoms with Gasteiger partial charge in [0.25, 0.3) is 0 Å². The quantitative estimate of drug-likeness (QED) is 0.158. The largest absolute Gasteiger partial charge is 0.344 e. The van der Waals surface area contributed by atoms with Crippen molar-refractivity contribution in [3.63, 3.8) is 0 Å². The van der Waals surface area contributed by atoms with Crippen LogP contribution >= 0.6 is 0 Å². The van der Waals surface area contributed by atoms with Crippen LogP contribution in [0.1, 0.15) is 65.5 Å². The second-order valence-corrected chi connectivity index (χ2v) is 17.1. The molecule has 0 saturated carbocycles. The van der Waals surface area contributed by atoms with E-state index in [2.05, 4.69) is 148 Å². The lowest BCUT2D eigenvalue weighted by molar-refractivity contribution is -0.433. The van der Waals surface area contributed by atoms with Gasteiger partial charge in [-0.05, 0) is 109 Å². The first-order valence-corrected chi connectivity index (χ1v) is 20.1. The molecule has 0 radical (unpaired) electrons. The van der Waals surface area contributed by atoms with Crippen LogP contribution in [0.25, 0.3) is 21.5 Å². The molecule has 0 unspecified atom stereocenters. The molecule has 0 aromatic heterocycles. The zero-order valence-corrected chi connectivity index (χ0v) is 31.9. The van der Waals surface area contributed by atoms with E-state index in [1.165, 1.54) is 55.5 Å². The van der Waals surface area contributed by atoms with Crippen molar-refractivity contribution in [3.8, 4) is 0 Å². The van der Waals surface area contributed by atoms with Crippen molar-refractivity contribution in [2.75, 3.05) is 18.0 Å². The standard InChI is InChI=1S/C47H47N2O2S/c1-7-48-39-28-24-32-16-12-14-20-37(32)43(39)46(3,4)41(48)30-26-34-22-23-35(45(34)52(50,51)36-18-10-9-11-19-36)27-31-42-47(5,6)44-38-21-15-13-17-33(38)25-29-40(44)49(42)8-2/h9-21,24-31H,7-8,22-23H2,1-6H3/q+1. The van der Waals surface area contributed by atoms with E-state index in [1.54, 1.807) is 12.1 Å². The van der Waals surface area contributed by atoms with Crippen LogP contribution in [0.4, 0.5) is 11.4 Å². The summed E-state index contributed by atoms with van der Waals surface area (Å²) in [4.78, 5) is 3.16. The highest BCUT2D eigenvalue weighted by atomic mass is 32.2. The lowest BCUT2D eigenvalue weighted by Gasteiger charge is -2.26. The van der Waals surface area contributed by atoms with Gasteiger partial charge in [-0.15, -0.1) is 0 Å². The van der Waals surface area contributed by atoms with Crippen molar-refractivity contribution in [2.24, 2.45) is 0 Å². The van der Waals surface area contributed by atoms with Crippen molar-refractivity contribution in [3.05, 3.63) is 160 Å². The molecule has 0 bridgehead atoms. The van der Waals surface area contributed by atoms with Gasteiger partial charge in [0.15, 0.2) is 5.71 Å². The molecule has 5 heteroatoms. The van der Waals surface area contributed by atoms with Gasteiger partial charge in [-0.2, -0.15) is 4.58 Å². The van der Waals surface area contributed by atoms with Crippen LogP contribution in [0.15, 0.2) is 154 Å². The number of rotatable bonds is 7. The maximum absolute atomic E-state index is 14.6. The summed E-state index contributed by atoms with van der Waals surface area (Å²) < 4.78 is 31.6. The fraction of sp³-hybridized carbons (Fsp3) is 0.255. The Hall–Kier alpha value is -5.00. The molecule has 0 atom stereocenters. The molecule has 0 spiro atoms. The molecule has 2 heterocycles. The molecule has 0 fully saturated rings. The van der Waals surface area contributed by atoms with Gasteiger partial charge in [-0.1, -0.05) is 98.8 Å². The monoisotopic (exact) mass is 703 g/mol. The van der Waals surface area contributed by atoms with Gasteiger partial charge in [0, 0.05) is 41.1 Å². The summed E-state index contributed by atoms with van der Waals surface area (Å²) >= 11 is 0. The summed E-state index contributed by atoms with van der Waals surface area (Å²) in [6, 6.07) is 35.0. The smallest absolute Gasteiger partial charge is 0.210 e. The fourth-order valence-corrected chi connectivity index (χ4v) is 11.0. The molecule has 0 N–H and O–H groups in total. The Kier molecular flexibility index (Phi) is 8.26. The van der Waals surface area contributed by atoms with E-state index in [0.29, 0.717) is 22.6 Å². The van der Waals surface area contributed by atoms with Crippen LogP contribution in [0.2, 0.25) is 0 Å². The Labute approximate surface area is 308 Å². The van der Waals surface area contributed by atoms with Gasteiger partial charge >= 0.3 is 0 Å². The van der Waals surface area contributed by atoms with E-state index in [-0.39, 0.29) is 10.8 Å². The minimum atomic E-state index is -3.79. The van der Waals surface area contributed by atoms with Crippen LogP contribution in [-0.4, -0.2) is 31.8 Å². The number of hydrogen-bond donors (Lipinski definition) is 0. The highest BCUT2D eigenvalue weighted by Gasteiger charge is 2.45. The summed E-state index contributed by atoms with van der Waals surface area (Å²) in [5.41, 5.74) is 8.66. The van der Waals surface area contributed by atoms with Crippen molar-refractivity contribution >= 4 is 48.5 Å². The summed E-state index contributed by atoms with van der Waals surface area (Å²) in [5, 5.41) is 5.00. The first-order chi connectivity index (χ1) is 25.0. The van der Waals surface area contributed by atoms with Crippen LogP contribution in [0.5, 0.6) is 0 Å². The molecular weight excluding hydrogens is 657 g/mol. The van der Waals surface area contributed by atoms with Gasteiger partial charge in [0.05, 0.1) is 15.2 Å². The van der Waals surface area contributed by atoms with Crippen molar-refractivity contribution < 1.29 is 13.0 Å². The predicted molar refractivity (Wildman–Crippen MR) is 218 cm³/mol. The van der Waals surface area contributed by atoms with E-state index in [1.807, 2.05) is 18.2 Å². The van der Waals surface area contributed by atoms with E-state index >= 15 is 0 Å². The van der Waals surface area contributed by atoms with Crippen molar-refractivity contribution in [2.45, 2.75) is 70.1 Å². The van der Waals surface area contributed by atoms with Crippen LogP contribution in [-0.2, 0) is 20.7 Å². The first kappa shape index (κ1) is 34.1. The maximum Gasteiger partial charge on any atom is 0.210 e. The molecule has 2 aliphatic heterocycles. The zero-order chi connectivity index (χ0) is 36.4. The number of nitrogens with zero attached hydrogens (tertiary/aromatic N) is 2. The number of hydrogen-bond acceptors (Lipinski definition) is 3. The number of sulfone groups is 1. The third kappa shape index (κ3) is 5.16. The second kappa shape index (κ2) is 12.6. The van der Waals surface area contributed by atoms with Crippen LogP contribution in [0.3, 0.4) is 0 Å². The van der Waals surface area contributed by atoms with Crippen molar-refractivity contribution in [1.29, 1.82) is 0 Å². The summed E-state index contributed by atoms with van der Waals surface area (Å²) in [6.45, 7) is 15.2. The van der Waals surface area contributed by atoms with Gasteiger partial charge in [-0.3, -0.25) is 0 Å². The second-order valence-electron chi connectivity index (χ2n) is 15.2. The molecule has 8 rings (SSSR count). The molecule has 3 aliphatic rings. The molecule has 4 nitrogen and oxygen atoms in total. The SMILES string of the molecule is CCN1/C(=C/C=C2\CCC(/C=C/C3=[N+](CC)c4ccc5ccccc5c4C3(C)C)=C2S(=O)(=O)c2ccccc2)C(C)(C)c2c1ccc1ccccc21. The molecule has 5 aromatic rings. The maximum atomic E-state index is 14.6. The number of likely N-dealkylation sites (N-methyl/N-ethyl adjacent to an activating group) is 1. The fourth-order valence-electron chi connectivity index (χ4n) is 9.19. The average molecular weight is 704 g/mol. The third-order valence-electron chi connectivity index (χ3n) is 11.6. The van der Waals surface area contributed by atoms with E-state index in [4.69, 9.17) is 0 Å². The highest BCUT2D eigenvalue weighted by Crippen LogP contribution is 2.51. The molecule has 0 amide bonds. The van der Waals surface area contributed by atoms with E-state index in [9.17, 15) is 8.42 Å². The minimum absolute atomic E-state index is 0.264. The normalized spacial score (nSPS) is 19.6. The number of fused-ring (bicyclic) bond motifs is 6. The van der Waals surface area contributed by atoms with Crippen molar-refractivity contribution in [1.82, 2.24) is 0 Å². The van der Waals surface area contributed by atoms with Crippen LogP contribution < -0.4 is 4.90 Å². The molecule has 1 aliphatic carbocycles. The molecule has 262 valence electrons. The summed E-state index contributed by atoms with van der Waals surface area (Å²) in [6.07, 6.45) is 9.89. The van der Waals surface area contributed by atoms with Gasteiger partial charge < -0.3 is 4.90 Å². The molecule has 5 aromatic carbocycles. The van der Waals surface area contributed by atoms with Gasteiger partial charge in [0.1, 0.15) is 6.54 Å². The summed E-state index contributed by atoms with van der Waals surface area (Å²) in [7, 11) is -3.79. The molecule has 52 heavy (non-hydrogen) atoms. The number of allylic oxidation sites excluding steroid dienone is 7. The lowest BCUT2D eigenvalue weighted by atomic mass is 9.79. The van der Waals surface area contributed by atoms with E-state index in [0.717, 1.165) is 24.2 Å². The van der Waals surface area contributed by atoms with E-state index < -0.39 is 9.84 Å². The Bertz CT molecular complexity index is 2550. The van der Waals surface area contributed by atoms with Gasteiger partial charge in [-0.25, -0.2) is 8.42 Å². The summed E-state index contributed by atoms with van der Waals surface area (Å²) in [5.74, 6) is 0. The minimum Gasteiger partial charge on any atom is -0.344 e. The molecule has 0 saturated heterocycles. The lowest BCUT2D eigenvalue weighted by Crippen LogP contribution is -2.27. The number of benzene rings is 5. The Morgan fingerprint density at radius 2 is 1.33 bits per heavy atom. The van der Waals surface area contributed by atoms with Crippen LogP contribution in [0, 0.1) is 0 Å². The Balaban J connectivity index is 1.26. The zero-order valence-electron chi connectivity index (χ0n) is 31.1. The Morgan fingerprint density at radius 3 is 2.00 bits per heavy atom. The predicted octanol–water partition coefficient (Wildman–Crippen LogP) is 11.1. The highest BCUT2D eigenvalue weighted by molar-refractivity contribution is 7.95.